The Morgan fingerprint density at radius 3 is 2.40 bits per heavy atom. The number of nitrogens with zero attached hydrogens (tertiary/aromatic N) is 4. The predicted octanol–water partition coefficient (Wildman–Crippen LogP) is 6.65. The fraction of sp³-hybridized carbons (Fsp3) is 0.382. The third kappa shape index (κ3) is 4.39. The molecule has 2 aliphatic heterocycles. The number of thiol groups is 1. The molecule has 1 aromatic heterocycles. The molecule has 3 heterocycles. The summed E-state index contributed by atoms with van der Waals surface area (Å²) in [6, 6.07) is 18.2. The average molecular weight is 580 g/mol. The normalized spacial score (nSPS) is 21.4. The van der Waals surface area contributed by atoms with E-state index in [1.807, 2.05) is 30.3 Å². The predicted molar refractivity (Wildman–Crippen MR) is 168 cm³/mol. The lowest BCUT2D eigenvalue weighted by molar-refractivity contribution is 0.0932. The van der Waals surface area contributed by atoms with Crippen molar-refractivity contribution in [2.75, 3.05) is 31.7 Å². The fourth-order valence-electron chi connectivity index (χ4n) is 7.26. The first-order chi connectivity index (χ1) is 20.2. The SMILES string of the molecule is Cc1nc(-c2ccc(-c3ccc(C(=O)C4(S)CCCc5cc6c(cc54)C4(CCN(C)CC4)CN6[O-])cc3)c(C)c2)no1. The van der Waals surface area contributed by atoms with Gasteiger partial charge in [-0.1, -0.05) is 47.6 Å². The second kappa shape index (κ2) is 10.1. The van der Waals surface area contributed by atoms with Gasteiger partial charge in [0.1, 0.15) is 4.75 Å². The van der Waals surface area contributed by atoms with Gasteiger partial charge in [0.2, 0.25) is 11.7 Å². The highest BCUT2D eigenvalue weighted by Crippen LogP contribution is 2.52. The maximum absolute atomic E-state index is 14.2. The number of hydrogen-bond acceptors (Lipinski definition) is 8. The third-order valence-electron chi connectivity index (χ3n) is 9.73. The number of rotatable bonds is 4. The Morgan fingerprint density at radius 2 is 1.71 bits per heavy atom. The average Bonchev–Trinajstić information content (AvgIpc) is 3.54. The molecule has 216 valence electrons. The van der Waals surface area contributed by atoms with Crippen LogP contribution in [0.3, 0.4) is 0 Å². The molecular weight excluding hydrogens is 544 g/mol. The highest BCUT2D eigenvalue weighted by atomic mass is 32.1. The number of aromatic nitrogens is 2. The topological polar surface area (TPSA) is 85.5 Å². The van der Waals surface area contributed by atoms with Crippen LogP contribution in [-0.2, 0) is 16.6 Å². The minimum absolute atomic E-state index is 0.0206. The van der Waals surface area contributed by atoms with E-state index in [2.05, 4.69) is 53.3 Å². The van der Waals surface area contributed by atoms with E-state index in [1.54, 1.807) is 6.92 Å². The number of benzene rings is 3. The number of Topliss-reactive ketones (excluding diaryl/α,β-unsaturated/α-hetero) is 1. The number of anilines is 1. The number of aryl methyl sites for hydroxylation is 3. The van der Waals surface area contributed by atoms with E-state index in [-0.39, 0.29) is 11.2 Å². The summed E-state index contributed by atoms with van der Waals surface area (Å²) in [7, 11) is 2.14. The Morgan fingerprint density at radius 1 is 0.976 bits per heavy atom. The van der Waals surface area contributed by atoms with Crippen molar-refractivity contribution >= 4 is 24.1 Å². The van der Waals surface area contributed by atoms with Crippen LogP contribution < -0.4 is 5.06 Å². The van der Waals surface area contributed by atoms with Gasteiger partial charge in [0.05, 0.1) is 0 Å². The van der Waals surface area contributed by atoms with Crippen molar-refractivity contribution in [2.45, 2.75) is 56.1 Å². The maximum atomic E-state index is 14.2. The molecule has 0 N–H and O–H groups in total. The van der Waals surface area contributed by atoms with Crippen molar-refractivity contribution < 1.29 is 9.32 Å². The molecule has 8 heteroatoms. The lowest BCUT2D eigenvalue weighted by Crippen LogP contribution is -2.43. The molecule has 0 saturated carbocycles. The van der Waals surface area contributed by atoms with Gasteiger partial charge in [-0.25, -0.2) is 0 Å². The van der Waals surface area contributed by atoms with E-state index in [0.29, 0.717) is 30.2 Å². The summed E-state index contributed by atoms with van der Waals surface area (Å²) in [6.45, 7) is 6.29. The lowest BCUT2D eigenvalue weighted by Gasteiger charge is -2.40. The zero-order chi connectivity index (χ0) is 29.2. The highest BCUT2D eigenvalue weighted by Gasteiger charge is 2.46. The monoisotopic (exact) mass is 579 g/mol. The summed E-state index contributed by atoms with van der Waals surface area (Å²) < 4.78 is 4.21. The molecule has 42 heavy (non-hydrogen) atoms. The fourth-order valence-corrected chi connectivity index (χ4v) is 7.76. The van der Waals surface area contributed by atoms with Crippen LogP contribution >= 0.6 is 12.6 Å². The molecule has 3 aliphatic rings. The largest absolute Gasteiger partial charge is 0.758 e. The molecular formula is C34H35N4O3S-. The summed E-state index contributed by atoms with van der Waals surface area (Å²) in [6.07, 6.45) is 4.31. The summed E-state index contributed by atoms with van der Waals surface area (Å²) in [4.78, 5) is 20.9. The summed E-state index contributed by atoms with van der Waals surface area (Å²) in [5.74, 6) is 1.13. The first-order valence-electron chi connectivity index (χ1n) is 14.8. The van der Waals surface area contributed by atoms with Crippen LogP contribution in [0.25, 0.3) is 22.5 Å². The molecule has 1 atom stereocenters. The third-order valence-corrected chi connectivity index (χ3v) is 10.4. The number of hydrogen-bond donors (Lipinski definition) is 1. The molecule has 3 aromatic carbocycles. The van der Waals surface area contributed by atoms with Gasteiger partial charge in [-0.05, 0) is 105 Å². The van der Waals surface area contributed by atoms with Crippen LogP contribution in [0.5, 0.6) is 0 Å². The molecule has 7 nitrogen and oxygen atoms in total. The van der Waals surface area contributed by atoms with Crippen LogP contribution in [-0.4, -0.2) is 47.5 Å². The second-order valence-corrected chi connectivity index (χ2v) is 13.2. The van der Waals surface area contributed by atoms with Crippen molar-refractivity contribution in [1.29, 1.82) is 0 Å². The van der Waals surface area contributed by atoms with Crippen molar-refractivity contribution in [3.8, 4) is 22.5 Å². The Hall–Kier alpha value is -3.46. The number of carbonyl (C=O) groups is 1. The molecule has 7 rings (SSSR count). The Labute approximate surface area is 251 Å². The summed E-state index contributed by atoms with van der Waals surface area (Å²) >= 11 is 5.16. The molecule has 0 amide bonds. The maximum Gasteiger partial charge on any atom is 0.223 e. The molecule has 1 unspecified atom stereocenters. The molecule has 0 bridgehead atoms. The number of carbonyl (C=O) groups excluding carboxylic acids is 1. The van der Waals surface area contributed by atoms with Crippen molar-refractivity contribution in [3.05, 3.63) is 93.5 Å². The summed E-state index contributed by atoms with van der Waals surface area (Å²) in [5, 5.41) is 18.3. The van der Waals surface area contributed by atoms with E-state index >= 15 is 0 Å². The standard InChI is InChI=1S/C34H35N4O3S/c1-21-17-26(32-35-22(2)41-36-32)10-11-27(21)23-6-8-24(9-7-23)31(39)34(42)12-4-5-25-18-30-29(19-28(25)34)33(20-38(30)40)13-15-37(3)16-14-33/h6-11,17-19,42H,4-5,12-16,20H2,1-3H3/q-1. The highest BCUT2D eigenvalue weighted by molar-refractivity contribution is 7.82. The molecule has 1 saturated heterocycles. The second-order valence-electron chi connectivity index (χ2n) is 12.4. The van der Waals surface area contributed by atoms with Gasteiger partial charge in [0.15, 0.2) is 5.78 Å². The Kier molecular flexibility index (Phi) is 6.57. The van der Waals surface area contributed by atoms with Gasteiger partial charge in [-0.15, -0.1) is 0 Å². The Bertz CT molecular complexity index is 1690. The van der Waals surface area contributed by atoms with Crippen molar-refractivity contribution in [1.82, 2.24) is 15.0 Å². The van der Waals surface area contributed by atoms with Crippen LogP contribution in [0.2, 0.25) is 0 Å². The van der Waals surface area contributed by atoms with Crippen molar-refractivity contribution in [3.63, 3.8) is 0 Å². The Balaban J connectivity index is 1.19. The number of fused-ring (bicyclic) bond motifs is 3. The van der Waals surface area contributed by atoms with E-state index < -0.39 is 4.75 Å². The van der Waals surface area contributed by atoms with E-state index in [0.717, 1.165) is 83.4 Å². The zero-order valence-corrected chi connectivity index (χ0v) is 25.2. The quantitative estimate of drug-likeness (QED) is 0.214. The van der Waals surface area contributed by atoms with E-state index in [9.17, 15) is 10.0 Å². The van der Waals surface area contributed by atoms with Gasteiger partial charge in [-0.2, -0.15) is 17.6 Å². The van der Waals surface area contributed by atoms with Gasteiger partial charge in [0, 0.05) is 35.7 Å². The van der Waals surface area contributed by atoms with E-state index in [1.165, 1.54) is 5.06 Å². The number of likely N-dealkylation sites (tertiary alicyclic amines) is 1. The van der Waals surface area contributed by atoms with Crippen LogP contribution in [0.4, 0.5) is 5.69 Å². The molecule has 1 fully saturated rings. The number of ketones is 1. The minimum Gasteiger partial charge on any atom is -0.758 e. The lowest BCUT2D eigenvalue weighted by atomic mass is 9.71. The number of piperidine rings is 1. The zero-order valence-electron chi connectivity index (χ0n) is 24.3. The van der Waals surface area contributed by atoms with E-state index in [4.69, 9.17) is 17.2 Å². The molecule has 1 spiro atoms. The smallest absolute Gasteiger partial charge is 0.223 e. The van der Waals surface area contributed by atoms with Gasteiger partial charge in [-0.3, -0.25) is 4.79 Å². The van der Waals surface area contributed by atoms with Gasteiger partial charge < -0.3 is 19.7 Å². The minimum atomic E-state index is -0.923. The van der Waals surface area contributed by atoms with Crippen LogP contribution in [0.15, 0.2) is 59.1 Å². The van der Waals surface area contributed by atoms with Crippen LogP contribution in [0, 0.1) is 19.1 Å². The number of hydroxylamine groups is 1. The van der Waals surface area contributed by atoms with Crippen LogP contribution in [0.1, 0.15) is 64.2 Å². The first-order valence-corrected chi connectivity index (χ1v) is 15.2. The molecule has 1 aliphatic carbocycles. The van der Waals surface area contributed by atoms with Crippen molar-refractivity contribution in [2.24, 2.45) is 0 Å². The van der Waals surface area contributed by atoms with Gasteiger partial charge >= 0.3 is 0 Å². The first kappa shape index (κ1) is 27.4. The summed E-state index contributed by atoms with van der Waals surface area (Å²) in [5.41, 5.74) is 8.60. The van der Waals surface area contributed by atoms with Gasteiger partial charge in [0.25, 0.3) is 0 Å². The molecule has 0 radical (unpaired) electrons. The molecule has 4 aromatic rings.